The maximum Gasteiger partial charge on any atom is 0.334 e. The lowest BCUT2D eigenvalue weighted by Crippen LogP contribution is -2.50. The molecule has 1 aliphatic rings. The van der Waals surface area contributed by atoms with Gasteiger partial charge in [-0.25, -0.2) is 4.79 Å². The van der Waals surface area contributed by atoms with E-state index in [4.69, 9.17) is 9.84 Å². The molecule has 1 rings (SSSR count). The molecular weight excluding hydrogens is 200 g/mol. The van der Waals surface area contributed by atoms with Gasteiger partial charge in [0.2, 0.25) is 5.91 Å². The van der Waals surface area contributed by atoms with Crippen molar-refractivity contribution < 1.29 is 19.4 Å². The van der Waals surface area contributed by atoms with Crippen LogP contribution in [0.25, 0.3) is 0 Å². The Morgan fingerprint density at radius 2 is 2.33 bits per heavy atom. The van der Waals surface area contributed by atoms with Crippen molar-refractivity contribution in [3.63, 3.8) is 0 Å². The Morgan fingerprint density at radius 1 is 1.60 bits per heavy atom. The summed E-state index contributed by atoms with van der Waals surface area (Å²) < 4.78 is 5.01. The quantitative estimate of drug-likeness (QED) is 0.624. The summed E-state index contributed by atoms with van der Waals surface area (Å²) >= 11 is 0. The van der Waals surface area contributed by atoms with E-state index in [0.717, 1.165) is 6.54 Å². The predicted octanol–water partition coefficient (Wildman–Crippen LogP) is -1.09. The van der Waals surface area contributed by atoms with Crippen LogP contribution in [0.2, 0.25) is 0 Å². The molecule has 1 amide bonds. The summed E-state index contributed by atoms with van der Waals surface area (Å²) in [4.78, 5) is 23.7. The number of carbonyl (C=O) groups excluding carboxylic acids is 1. The van der Waals surface area contributed by atoms with E-state index >= 15 is 0 Å². The average Bonchev–Trinajstić information content (AvgIpc) is 2.26. The maximum absolute atomic E-state index is 11.5. The van der Waals surface area contributed by atoms with Gasteiger partial charge in [0.05, 0.1) is 19.7 Å². The van der Waals surface area contributed by atoms with Gasteiger partial charge < -0.3 is 20.1 Å². The van der Waals surface area contributed by atoms with Crippen LogP contribution in [-0.4, -0.2) is 60.8 Å². The van der Waals surface area contributed by atoms with E-state index in [0.29, 0.717) is 6.54 Å². The molecular formula is C9H16N2O4. The molecule has 0 aromatic rings. The van der Waals surface area contributed by atoms with Crippen LogP contribution in [0, 0.1) is 0 Å². The highest BCUT2D eigenvalue weighted by Crippen LogP contribution is 2.05. The van der Waals surface area contributed by atoms with Crippen LogP contribution in [0.5, 0.6) is 0 Å². The minimum absolute atomic E-state index is 0.0774. The number of morpholine rings is 1. The smallest absolute Gasteiger partial charge is 0.334 e. The van der Waals surface area contributed by atoms with Crippen molar-refractivity contribution in [2.24, 2.45) is 0 Å². The van der Waals surface area contributed by atoms with E-state index in [-0.39, 0.29) is 25.6 Å². The molecule has 15 heavy (non-hydrogen) atoms. The van der Waals surface area contributed by atoms with Crippen LogP contribution in [0.1, 0.15) is 6.92 Å². The second-order valence-electron chi connectivity index (χ2n) is 3.32. The number of hydrogen-bond acceptors (Lipinski definition) is 4. The van der Waals surface area contributed by atoms with Gasteiger partial charge >= 0.3 is 5.97 Å². The van der Waals surface area contributed by atoms with E-state index in [1.807, 2.05) is 6.92 Å². The Bertz CT molecular complexity index is 244. The van der Waals surface area contributed by atoms with E-state index in [1.54, 1.807) is 0 Å². The van der Waals surface area contributed by atoms with Gasteiger partial charge in [-0.05, 0) is 6.54 Å². The van der Waals surface area contributed by atoms with Crippen LogP contribution >= 0.6 is 0 Å². The number of likely N-dealkylation sites (N-methyl/N-ethyl adjacent to an activating group) is 1. The summed E-state index contributed by atoms with van der Waals surface area (Å²) in [7, 11) is 0. The fourth-order valence-electron chi connectivity index (χ4n) is 1.37. The molecule has 1 saturated heterocycles. The molecule has 0 aromatic heterocycles. The zero-order valence-corrected chi connectivity index (χ0v) is 8.73. The van der Waals surface area contributed by atoms with Crippen molar-refractivity contribution in [2.75, 3.05) is 32.8 Å². The second-order valence-corrected chi connectivity index (χ2v) is 3.32. The zero-order valence-electron chi connectivity index (χ0n) is 8.73. The molecule has 1 atom stereocenters. The molecule has 6 heteroatoms. The predicted molar refractivity (Wildman–Crippen MR) is 52.5 cm³/mol. The molecule has 1 unspecified atom stereocenters. The van der Waals surface area contributed by atoms with Gasteiger partial charge in [-0.2, -0.15) is 0 Å². The minimum Gasteiger partial charge on any atom is -0.479 e. The Morgan fingerprint density at radius 3 is 2.93 bits per heavy atom. The van der Waals surface area contributed by atoms with Crippen LogP contribution in [0.15, 0.2) is 0 Å². The zero-order chi connectivity index (χ0) is 11.3. The Kier molecular flexibility index (Phi) is 4.51. The summed E-state index contributed by atoms with van der Waals surface area (Å²) in [5.41, 5.74) is 0. The molecule has 1 fully saturated rings. The minimum atomic E-state index is -1.02. The number of ether oxygens (including phenoxy) is 1. The first-order valence-corrected chi connectivity index (χ1v) is 4.98. The summed E-state index contributed by atoms with van der Waals surface area (Å²) in [5.74, 6) is -1.10. The van der Waals surface area contributed by atoms with Crippen molar-refractivity contribution in [3.8, 4) is 0 Å². The third-order valence-electron chi connectivity index (χ3n) is 2.22. The standard InChI is InChI=1S/C9H16N2O4/c1-2-10-5-8(12)11-3-4-15-7(6-11)9(13)14/h7,10H,2-6H2,1H3,(H,13,14). The number of amides is 1. The number of carboxylic acid groups (broad SMARTS) is 1. The van der Waals surface area contributed by atoms with Gasteiger partial charge in [0.25, 0.3) is 0 Å². The van der Waals surface area contributed by atoms with Crippen molar-refractivity contribution in [2.45, 2.75) is 13.0 Å². The topological polar surface area (TPSA) is 78.9 Å². The van der Waals surface area contributed by atoms with E-state index in [1.165, 1.54) is 4.90 Å². The summed E-state index contributed by atoms with van der Waals surface area (Å²) in [6.07, 6.45) is -0.885. The van der Waals surface area contributed by atoms with Crippen molar-refractivity contribution in [1.82, 2.24) is 10.2 Å². The molecule has 0 aromatic carbocycles. The Hall–Kier alpha value is -1.14. The lowest BCUT2D eigenvalue weighted by molar-refractivity contribution is -0.159. The lowest BCUT2D eigenvalue weighted by Gasteiger charge is -2.30. The van der Waals surface area contributed by atoms with Gasteiger partial charge in [-0.3, -0.25) is 4.79 Å². The number of hydrogen-bond donors (Lipinski definition) is 2. The molecule has 1 heterocycles. The fraction of sp³-hybridized carbons (Fsp3) is 0.778. The maximum atomic E-state index is 11.5. The second kappa shape index (κ2) is 5.67. The number of rotatable bonds is 4. The molecule has 0 bridgehead atoms. The van der Waals surface area contributed by atoms with Crippen molar-refractivity contribution in [3.05, 3.63) is 0 Å². The van der Waals surface area contributed by atoms with E-state index < -0.39 is 12.1 Å². The summed E-state index contributed by atoms with van der Waals surface area (Å²) in [6, 6.07) is 0. The highest BCUT2D eigenvalue weighted by Gasteiger charge is 2.28. The van der Waals surface area contributed by atoms with Gasteiger partial charge in [0.1, 0.15) is 0 Å². The summed E-state index contributed by atoms with van der Waals surface area (Å²) in [6.45, 7) is 3.77. The fourth-order valence-corrected chi connectivity index (χ4v) is 1.37. The Balaban J connectivity index is 2.41. The molecule has 86 valence electrons. The number of carboxylic acids is 1. The van der Waals surface area contributed by atoms with Crippen molar-refractivity contribution >= 4 is 11.9 Å². The molecule has 6 nitrogen and oxygen atoms in total. The molecule has 0 spiro atoms. The SMILES string of the molecule is CCNCC(=O)N1CCOC(C(=O)O)C1. The Labute approximate surface area is 88.2 Å². The third-order valence-corrected chi connectivity index (χ3v) is 2.22. The van der Waals surface area contributed by atoms with Crippen LogP contribution < -0.4 is 5.32 Å². The first-order valence-electron chi connectivity index (χ1n) is 4.98. The largest absolute Gasteiger partial charge is 0.479 e. The van der Waals surface area contributed by atoms with Gasteiger partial charge in [-0.15, -0.1) is 0 Å². The van der Waals surface area contributed by atoms with Gasteiger partial charge in [-0.1, -0.05) is 6.92 Å². The normalized spacial score (nSPS) is 21.4. The molecule has 0 saturated carbocycles. The number of carbonyl (C=O) groups is 2. The molecule has 0 aliphatic carbocycles. The van der Waals surface area contributed by atoms with E-state index in [9.17, 15) is 9.59 Å². The monoisotopic (exact) mass is 216 g/mol. The van der Waals surface area contributed by atoms with E-state index in [2.05, 4.69) is 5.32 Å². The highest BCUT2D eigenvalue weighted by atomic mass is 16.5. The highest BCUT2D eigenvalue weighted by molar-refractivity contribution is 5.80. The molecule has 0 radical (unpaired) electrons. The van der Waals surface area contributed by atoms with Crippen LogP contribution in [0.3, 0.4) is 0 Å². The first-order chi connectivity index (χ1) is 7.15. The van der Waals surface area contributed by atoms with Crippen molar-refractivity contribution in [1.29, 1.82) is 0 Å². The first kappa shape index (κ1) is 11.9. The van der Waals surface area contributed by atoms with Gasteiger partial charge in [0, 0.05) is 6.54 Å². The van der Waals surface area contributed by atoms with Gasteiger partial charge in [0.15, 0.2) is 6.10 Å². The van der Waals surface area contributed by atoms with Crippen LogP contribution in [-0.2, 0) is 14.3 Å². The number of nitrogens with zero attached hydrogens (tertiary/aromatic N) is 1. The summed E-state index contributed by atoms with van der Waals surface area (Å²) in [5, 5.41) is 11.6. The molecule has 2 N–H and O–H groups in total. The number of nitrogens with one attached hydrogen (secondary N) is 1. The van der Waals surface area contributed by atoms with Crippen LogP contribution in [0.4, 0.5) is 0 Å². The average molecular weight is 216 g/mol. The third kappa shape index (κ3) is 3.49. The lowest BCUT2D eigenvalue weighted by atomic mass is 10.2. The number of aliphatic carboxylic acids is 1. The molecule has 1 aliphatic heterocycles.